The number of Topliss-reactive ketones (excluding diaryl/α,β-unsaturated/α-hetero) is 1. The van der Waals surface area contributed by atoms with Crippen molar-refractivity contribution in [3.8, 4) is 11.5 Å². The standard InChI is InChI=1S/C26H22F3NO6/c1-14-2-3-15(6-18(14)27)34-10-23(33)30-26-11-25(12-26,13-26)9-20(32)22-8-19(31)17-5-4-16(35-24(28)29)7-21(17)36-22/h2-8,24H,9-13H2,1H3,(H,30,33). The number of ketones is 1. The smallest absolute Gasteiger partial charge is 0.387 e. The van der Waals surface area contributed by atoms with E-state index < -0.39 is 23.4 Å². The van der Waals surface area contributed by atoms with Crippen LogP contribution in [0.1, 0.15) is 41.8 Å². The average Bonchev–Trinajstić information content (AvgIpc) is 2.76. The van der Waals surface area contributed by atoms with E-state index in [2.05, 4.69) is 10.1 Å². The zero-order chi connectivity index (χ0) is 25.7. The summed E-state index contributed by atoms with van der Waals surface area (Å²) in [5, 5.41) is 3.08. The topological polar surface area (TPSA) is 94.8 Å². The number of carbonyl (C=O) groups excluding carboxylic acids is 2. The Balaban J connectivity index is 1.17. The van der Waals surface area contributed by atoms with Crippen LogP contribution in [0.2, 0.25) is 0 Å². The van der Waals surface area contributed by atoms with E-state index in [0.29, 0.717) is 24.8 Å². The van der Waals surface area contributed by atoms with Gasteiger partial charge in [0.05, 0.1) is 5.39 Å². The van der Waals surface area contributed by atoms with E-state index in [1.54, 1.807) is 19.1 Å². The highest BCUT2D eigenvalue weighted by Crippen LogP contribution is 2.69. The first kappa shape index (κ1) is 23.9. The van der Waals surface area contributed by atoms with E-state index in [-0.39, 0.29) is 58.4 Å². The van der Waals surface area contributed by atoms with Crippen molar-refractivity contribution in [1.29, 1.82) is 0 Å². The second-order valence-corrected chi connectivity index (χ2v) is 9.67. The molecule has 7 nitrogen and oxygen atoms in total. The molecule has 3 aliphatic carbocycles. The van der Waals surface area contributed by atoms with Gasteiger partial charge < -0.3 is 19.2 Å². The van der Waals surface area contributed by atoms with Crippen LogP contribution in [-0.4, -0.2) is 30.4 Å². The first-order valence-electron chi connectivity index (χ1n) is 11.3. The lowest BCUT2D eigenvalue weighted by Gasteiger charge is -2.70. The molecule has 2 bridgehead atoms. The molecule has 2 aromatic carbocycles. The number of rotatable bonds is 9. The third kappa shape index (κ3) is 4.55. The summed E-state index contributed by atoms with van der Waals surface area (Å²) in [4.78, 5) is 37.5. The largest absolute Gasteiger partial charge is 0.484 e. The molecular weight excluding hydrogens is 479 g/mol. The van der Waals surface area contributed by atoms with Crippen molar-refractivity contribution in [3.05, 3.63) is 69.8 Å². The van der Waals surface area contributed by atoms with Gasteiger partial charge in [0.25, 0.3) is 5.91 Å². The molecule has 1 amide bonds. The molecule has 0 spiro atoms. The number of amides is 1. The molecule has 0 saturated heterocycles. The third-order valence-corrected chi connectivity index (χ3v) is 6.79. The monoisotopic (exact) mass is 501 g/mol. The molecule has 1 N–H and O–H groups in total. The van der Waals surface area contributed by atoms with Crippen LogP contribution in [0.15, 0.2) is 51.7 Å². The van der Waals surface area contributed by atoms with E-state index in [4.69, 9.17) is 9.15 Å². The maximum Gasteiger partial charge on any atom is 0.387 e. The fraction of sp³-hybridized carbons (Fsp3) is 0.346. The molecule has 0 atom stereocenters. The van der Waals surface area contributed by atoms with E-state index in [9.17, 15) is 27.6 Å². The number of halogens is 3. The van der Waals surface area contributed by atoms with Gasteiger partial charge >= 0.3 is 6.61 Å². The lowest BCUT2D eigenvalue weighted by atomic mass is 9.38. The highest BCUT2D eigenvalue weighted by atomic mass is 19.3. The minimum absolute atomic E-state index is 0.0150. The molecule has 3 saturated carbocycles. The van der Waals surface area contributed by atoms with E-state index in [1.807, 2.05) is 0 Å². The van der Waals surface area contributed by atoms with Gasteiger partial charge in [-0.3, -0.25) is 14.4 Å². The minimum Gasteiger partial charge on any atom is -0.484 e. The summed E-state index contributed by atoms with van der Waals surface area (Å²) in [6.45, 7) is -1.66. The SMILES string of the molecule is Cc1ccc(OCC(=O)NC23CC(CC(=O)c4cc(=O)c5ccc(OC(F)F)cc5o4)(C2)C3)cc1F. The molecule has 188 valence electrons. The normalized spacial score (nSPS) is 22.0. The highest BCUT2D eigenvalue weighted by molar-refractivity contribution is 5.95. The Kier molecular flexibility index (Phi) is 5.77. The second kappa shape index (κ2) is 8.69. The van der Waals surface area contributed by atoms with Gasteiger partial charge in [0, 0.05) is 30.2 Å². The van der Waals surface area contributed by atoms with Crippen LogP contribution in [0.25, 0.3) is 11.0 Å². The van der Waals surface area contributed by atoms with Gasteiger partial charge in [-0.1, -0.05) is 6.07 Å². The fourth-order valence-electron chi connectivity index (χ4n) is 5.34. The summed E-state index contributed by atoms with van der Waals surface area (Å²) >= 11 is 0. The van der Waals surface area contributed by atoms with Crippen molar-refractivity contribution < 1.29 is 36.7 Å². The van der Waals surface area contributed by atoms with Gasteiger partial charge in [0.15, 0.2) is 23.6 Å². The van der Waals surface area contributed by atoms with Crippen LogP contribution in [0.3, 0.4) is 0 Å². The Morgan fingerprint density at radius 1 is 1.08 bits per heavy atom. The molecule has 3 aliphatic rings. The summed E-state index contributed by atoms with van der Waals surface area (Å²) in [5.41, 5.74) is -0.685. The third-order valence-electron chi connectivity index (χ3n) is 6.79. The Morgan fingerprint density at radius 2 is 1.81 bits per heavy atom. The zero-order valence-electron chi connectivity index (χ0n) is 19.2. The number of fused-ring (bicyclic) bond motifs is 1. The van der Waals surface area contributed by atoms with Gasteiger partial charge in [-0.15, -0.1) is 0 Å². The van der Waals surface area contributed by atoms with Gasteiger partial charge in [0.2, 0.25) is 0 Å². The predicted octanol–water partition coefficient (Wildman–Crippen LogP) is 4.53. The molecule has 0 radical (unpaired) electrons. The zero-order valence-corrected chi connectivity index (χ0v) is 19.2. The van der Waals surface area contributed by atoms with E-state index >= 15 is 0 Å². The van der Waals surface area contributed by atoms with Crippen LogP contribution >= 0.6 is 0 Å². The number of alkyl halides is 2. The molecule has 1 heterocycles. The van der Waals surface area contributed by atoms with Gasteiger partial charge in [-0.2, -0.15) is 8.78 Å². The number of benzene rings is 2. The number of hydrogen-bond acceptors (Lipinski definition) is 6. The minimum atomic E-state index is -3.03. The van der Waals surface area contributed by atoms with Crippen molar-refractivity contribution in [3.63, 3.8) is 0 Å². The lowest BCUT2D eigenvalue weighted by molar-refractivity contribution is -0.164. The number of aryl methyl sites for hydroxylation is 1. The summed E-state index contributed by atoms with van der Waals surface area (Å²) < 4.78 is 53.8. The molecule has 3 fully saturated rings. The molecule has 0 aliphatic heterocycles. The molecule has 3 aromatic rings. The number of nitrogens with one attached hydrogen (secondary N) is 1. The summed E-state index contributed by atoms with van der Waals surface area (Å²) in [7, 11) is 0. The summed E-state index contributed by atoms with van der Waals surface area (Å²) in [5.74, 6) is -1.20. The molecule has 10 heteroatoms. The Bertz CT molecular complexity index is 1410. The first-order valence-corrected chi connectivity index (χ1v) is 11.3. The fourth-order valence-corrected chi connectivity index (χ4v) is 5.34. The number of carbonyl (C=O) groups is 2. The number of hydrogen-bond donors (Lipinski definition) is 1. The van der Waals surface area contributed by atoms with Gasteiger partial charge in [0.1, 0.15) is 22.9 Å². The average molecular weight is 501 g/mol. The highest BCUT2D eigenvalue weighted by Gasteiger charge is 2.68. The summed E-state index contributed by atoms with van der Waals surface area (Å²) in [6, 6.07) is 9.17. The quantitative estimate of drug-likeness (QED) is 0.433. The first-order chi connectivity index (χ1) is 17.1. The maximum atomic E-state index is 13.6. The summed E-state index contributed by atoms with van der Waals surface area (Å²) in [6.07, 6.45) is 1.92. The van der Waals surface area contributed by atoms with Crippen molar-refractivity contribution in [2.24, 2.45) is 5.41 Å². The van der Waals surface area contributed by atoms with Gasteiger partial charge in [-0.05, 0) is 55.4 Å². The van der Waals surface area contributed by atoms with Crippen LogP contribution in [-0.2, 0) is 4.79 Å². The molecule has 6 rings (SSSR count). The predicted molar refractivity (Wildman–Crippen MR) is 122 cm³/mol. The Hall–Kier alpha value is -3.82. The maximum absolute atomic E-state index is 13.6. The van der Waals surface area contributed by atoms with Crippen molar-refractivity contribution in [2.45, 2.75) is 44.8 Å². The van der Waals surface area contributed by atoms with Crippen molar-refractivity contribution >= 4 is 22.7 Å². The second-order valence-electron chi connectivity index (χ2n) is 9.67. The van der Waals surface area contributed by atoms with Crippen LogP contribution < -0.4 is 20.2 Å². The molecule has 1 aromatic heterocycles. The lowest BCUT2D eigenvalue weighted by Crippen LogP contribution is -2.75. The van der Waals surface area contributed by atoms with Crippen molar-refractivity contribution in [1.82, 2.24) is 5.32 Å². The molecule has 36 heavy (non-hydrogen) atoms. The van der Waals surface area contributed by atoms with Gasteiger partial charge in [-0.25, -0.2) is 4.39 Å². The van der Waals surface area contributed by atoms with E-state index in [0.717, 1.165) is 12.1 Å². The Labute approximate surface area is 203 Å². The number of ether oxygens (including phenoxy) is 2. The van der Waals surface area contributed by atoms with Crippen molar-refractivity contribution in [2.75, 3.05) is 6.61 Å². The molecule has 0 unspecified atom stereocenters. The van der Waals surface area contributed by atoms with E-state index in [1.165, 1.54) is 18.2 Å². The van der Waals surface area contributed by atoms with Crippen LogP contribution in [0.4, 0.5) is 13.2 Å². The van der Waals surface area contributed by atoms with Crippen LogP contribution in [0, 0.1) is 18.2 Å². The molecular formula is C26H22F3NO6. The Morgan fingerprint density at radius 3 is 2.50 bits per heavy atom. The van der Waals surface area contributed by atoms with Crippen LogP contribution in [0.5, 0.6) is 11.5 Å².